The molecule has 0 heterocycles. The van der Waals surface area contributed by atoms with Crippen LogP contribution >= 0.6 is 23.5 Å². The maximum atomic E-state index is 12.9. The van der Waals surface area contributed by atoms with Gasteiger partial charge in [0.05, 0.1) is 12.6 Å². The molecule has 0 bridgehead atoms. The number of aryl methyl sites for hydroxylation is 1. The van der Waals surface area contributed by atoms with Crippen LogP contribution in [0, 0.1) is 12.3 Å². The lowest BCUT2D eigenvalue weighted by Gasteiger charge is -2.32. The van der Waals surface area contributed by atoms with Gasteiger partial charge in [-0.05, 0) is 91.4 Å². The van der Waals surface area contributed by atoms with Gasteiger partial charge in [0.2, 0.25) is 0 Å². The van der Waals surface area contributed by atoms with Gasteiger partial charge in [0.1, 0.15) is 0 Å². The lowest BCUT2D eigenvalue weighted by molar-refractivity contribution is -0.118. The number of rotatable bonds is 15. The van der Waals surface area contributed by atoms with Crippen molar-refractivity contribution in [3.63, 3.8) is 0 Å². The number of hydrogen-bond donors (Lipinski definition) is 2. The smallest absolute Gasteiger partial charge is 0.152 e. The van der Waals surface area contributed by atoms with Crippen LogP contribution < -0.4 is 10.0 Å². The molecule has 3 atom stereocenters. The van der Waals surface area contributed by atoms with Crippen LogP contribution in [0.15, 0.2) is 107 Å². The molecule has 6 heteroatoms. The van der Waals surface area contributed by atoms with Crippen LogP contribution in [-0.4, -0.2) is 31.6 Å². The summed E-state index contributed by atoms with van der Waals surface area (Å²) in [6.07, 6.45) is 3.76. The quantitative estimate of drug-likeness (QED) is 0.129. The first-order valence-electron chi connectivity index (χ1n) is 15.4. The molecule has 0 aromatic heterocycles. The van der Waals surface area contributed by atoms with E-state index in [0.717, 1.165) is 23.2 Å². The summed E-state index contributed by atoms with van der Waals surface area (Å²) in [5, 5.41) is 4.34. The molecule has 0 aliphatic carbocycles. The van der Waals surface area contributed by atoms with Gasteiger partial charge in [-0.2, -0.15) is 0 Å². The normalized spacial score (nSPS) is 14.9. The Morgan fingerprint density at radius 1 is 0.977 bits per heavy atom. The number of nitrogens with one attached hydrogen (secondary N) is 2. The fourth-order valence-corrected chi connectivity index (χ4v) is 6.51. The monoisotopic (exact) mass is 632 g/mol. The number of allylic oxidation sites excluding steroid dienone is 2. The highest BCUT2D eigenvalue weighted by molar-refractivity contribution is 7.97. The number of ether oxygens (including phenoxy) is 1. The Balaban J connectivity index is 2.09. The third-order valence-electron chi connectivity index (χ3n) is 7.94. The zero-order chi connectivity index (χ0) is 32.3. The second-order valence-corrected chi connectivity index (χ2v) is 13.8. The van der Waals surface area contributed by atoms with E-state index in [1.54, 1.807) is 26.0 Å². The van der Waals surface area contributed by atoms with Crippen molar-refractivity contribution in [1.29, 1.82) is 0 Å². The Morgan fingerprint density at radius 3 is 2.18 bits per heavy atom. The van der Waals surface area contributed by atoms with E-state index in [0.29, 0.717) is 18.1 Å². The van der Waals surface area contributed by atoms with Crippen molar-refractivity contribution in [2.24, 2.45) is 5.41 Å². The number of halogens is 1. The molecule has 2 unspecified atom stereocenters. The van der Waals surface area contributed by atoms with Crippen LogP contribution in [-0.2, 0) is 16.0 Å². The number of benzene rings is 3. The summed E-state index contributed by atoms with van der Waals surface area (Å²) in [7, 11) is 1.71. The molecule has 0 saturated carbocycles. The average Bonchev–Trinajstić information content (AvgIpc) is 2.98. The van der Waals surface area contributed by atoms with Crippen molar-refractivity contribution in [3.05, 3.63) is 123 Å². The Hall–Kier alpha value is -2.83. The molecule has 236 valence electrons. The van der Waals surface area contributed by atoms with Gasteiger partial charge >= 0.3 is 0 Å². The molecule has 0 spiro atoms. The van der Waals surface area contributed by atoms with E-state index in [-0.39, 0.29) is 29.2 Å². The summed E-state index contributed by atoms with van der Waals surface area (Å²) in [5.74, 6) is 0.0628. The highest BCUT2D eigenvalue weighted by atomic mass is 35.5. The second kappa shape index (κ2) is 17.0. The molecule has 0 amide bonds. The highest BCUT2D eigenvalue weighted by Crippen LogP contribution is 2.38. The van der Waals surface area contributed by atoms with Crippen LogP contribution in [0.1, 0.15) is 70.6 Å². The zero-order valence-electron chi connectivity index (χ0n) is 27.5. The van der Waals surface area contributed by atoms with Crippen LogP contribution in [0.3, 0.4) is 0 Å². The lowest BCUT2D eigenvalue weighted by Crippen LogP contribution is -2.39. The SMILES string of the molecule is CC/C(=C(/COC)NC(Cc1ccccc1)C(C)=O)[C@@H](/C(C)=C\C(NSc1ccccc1C)C(C)(C)C)c1ccc(Cl)cc1. The van der Waals surface area contributed by atoms with E-state index in [1.165, 1.54) is 21.6 Å². The molecule has 3 rings (SSSR count). The van der Waals surface area contributed by atoms with Gasteiger partial charge < -0.3 is 10.1 Å². The van der Waals surface area contributed by atoms with Crippen LogP contribution in [0.5, 0.6) is 0 Å². The van der Waals surface area contributed by atoms with E-state index in [1.807, 2.05) is 30.3 Å². The van der Waals surface area contributed by atoms with Crippen LogP contribution in [0.25, 0.3) is 0 Å². The first-order valence-corrected chi connectivity index (χ1v) is 16.6. The molecular weight excluding hydrogens is 584 g/mol. The summed E-state index contributed by atoms with van der Waals surface area (Å²) in [4.78, 5) is 14.1. The van der Waals surface area contributed by atoms with Crippen molar-refractivity contribution in [2.75, 3.05) is 13.7 Å². The number of methoxy groups -OCH3 is 1. The summed E-state index contributed by atoms with van der Waals surface area (Å²) in [5.41, 5.74) is 6.84. The van der Waals surface area contributed by atoms with E-state index in [4.69, 9.17) is 16.3 Å². The summed E-state index contributed by atoms with van der Waals surface area (Å²) < 4.78 is 9.52. The summed E-state index contributed by atoms with van der Waals surface area (Å²) in [6.45, 7) is 15.4. The Labute approximate surface area is 274 Å². The molecule has 0 fully saturated rings. The van der Waals surface area contributed by atoms with Gasteiger partial charge in [-0.25, -0.2) is 0 Å². The first kappa shape index (κ1) is 35.6. The fraction of sp³-hybridized carbons (Fsp3) is 0.395. The van der Waals surface area contributed by atoms with E-state index >= 15 is 0 Å². The van der Waals surface area contributed by atoms with Crippen molar-refractivity contribution in [3.8, 4) is 0 Å². The molecule has 0 saturated heterocycles. The molecule has 2 N–H and O–H groups in total. The van der Waals surface area contributed by atoms with Gasteiger partial charge in [0.15, 0.2) is 5.78 Å². The second-order valence-electron chi connectivity index (χ2n) is 12.5. The minimum atomic E-state index is -0.367. The molecule has 4 nitrogen and oxygen atoms in total. The molecule has 3 aromatic carbocycles. The molecule has 0 aliphatic heterocycles. The highest BCUT2D eigenvalue weighted by Gasteiger charge is 2.28. The lowest BCUT2D eigenvalue weighted by atomic mass is 9.79. The minimum absolute atomic E-state index is 0.0330. The molecular formula is C38H49ClN2O2S. The number of hydrogen-bond acceptors (Lipinski definition) is 5. The van der Waals surface area contributed by atoms with Crippen molar-refractivity contribution < 1.29 is 9.53 Å². The molecule has 0 radical (unpaired) electrons. The van der Waals surface area contributed by atoms with Crippen molar-refractivity contribution in [2.45, 2.75) is 84.2 Å². The number of ketones is 1. The predicted octanol–water partition coefficient (Wildman–Crippen LogP) is 9.49. The molecule has 3 aromatic rings. The van der Waals surface area contributed by atoms with Crippen LogP contribution in [0.2, 0.25) is 5.02 Å². The maximum Gasteiger partial charge on any atom is 0.152 e. The third kappa shape index (κ3) is 10.4. The van der Waals surface area contributed by atoms with Gasteiger partial charge in [0, 0.05) is 34.7 Å². The summed E-state index contributed by atoms with van der Waals surface area (Å²) in [6, 6.07) is 26.4. The van der Waals surface area contributed by atoms with E-state index in [9.17, 15) is 4.79 Å². The summed E-state index contributed by atoms with van der Waals surface area (Å²) >= 11 is 8.03. The Kier molecular flexibility index (Phi) is 13.8. The molecule has 44 heavy (non-hydrogen) atoms. The molecule has 0 aliphatic rings. The largest absolute Gasteiger partial charge is 0.379 e. The van der Waals surface area contributed by atoms with E-state index < -0.39 is 0 Å². The Morgan fingerprint density at radius 2 is 1.61 bits per heavy atom. The van der Waals surface area contributed by atoms with E-state index in [2.05, 4.69) is 106 Å². The van der Waals surface area contributed by atoms with Gasteiger partial charge in [-0.15, -0.1) is 0 Å². The first-order chi connectivity index (χ1) is 20.9. The van der Waals surface area contributed by atoms with Gasteiger partial charge in [-0.3, -0.25) is 9.52 Å². The third-order valence-corrected chi connectivity index (χ3v) is 9.24. The standard InChI is InChI=1S/C38H49ClN2O2S/c1-9-32(34(25-43-8)40-33(28(4)42)24-29-16-11-10-12-17-29)37(30-19-21-31(39)22-20-30)27(3)23-36(38(5,6)7)41-44-35-18-14-13-15-26(35)2/h10-23,33,36-37,40-41H,9,24-25H2,1-8H3/b27-23-,34-32+/t33?,36?,37-/m0/s1. The topological polar surface area (TPSA) is 50.4 Å². The van der Waals surface area contributed by atoms with Crippen molar-refractivity contribution >= 4 is 29.3 Å². The predicted molar refractivity (Wildman–Crippen MR) is 188 cm³/mol. The number of Topliss-reactive ketones (excluding diaryl/α,β-unsaturated/α-hetero) is 1. The zero-order valence-corrected chi connectivity index (χ0v) is 29.1. The fourth-order valence-electron chi connectivity index (χ4n) is 5.33. The van der Waals surface area contributed by atoms with Gasteiger partial charge in [0.25, 0.3) is 0 Å². The average molecular weight is 633 g/mol. The minimum Gasteiger partial charge on any atom is -0.379 e. The van der Waals surface area contributed by atoms with Gasteiger partial charge in [-0.1, -0.05) is 112 Å². The number of carbonyl (C=O) groups is 1. The Bertz CT molecular complexity index is 1410. The van der Waals surface area contributed by atoms with Crippen LogP contribution in [0.4, 0.5) is 0 Å². The maximum absolute atomic E-state index is 12.9. The number of carbonyl (C=O) groups excluding carboxylic acids is 1. The van der Waals surface area contributed by atoms with Crippen molar-refractivity contribution in [1.82, 2.24) is 10.0 Å².